The quantitative estimate of drug-likeness (QED) is 0.793. The SMILES string of the molecule is CCCC(C)N[C@@H](C)c1cccc(Cl)c1. The normalized spacial score (nSPS) is 14.9. The molecule has 0 amide bonds. The first-order valence-electron chi connectivity index (χ1n) is 5.65. The lowest BCUT2D eigenvalue weighted by molar-refractivity contribution is 0.453. The minimum atomic E-state index is 0.366. The predicted octanol–water partition coefficient (Wildman–Crippen LogP) is 4.18. The highest BCUT2D eigenvalue weighted by Gasteiger charge is 2.08. The van der Waals surface area contributed by atoms with Crippen molar-refractivity contribution in [3.8, 4) is 0 Å². The maximum atomic E-state index is 5.96. The van der Waals surface area contributed by atoms with Gasteiger partial charge in [-0.1, -0.05) is 37.1 Å². The summed E-state index contributed by atoms with van der Waals surface area (Å²) in [6.07, 6.45) is 2.43. The van der Waals surface area contributed by atoms with Crippen molar-refractivity contribution >= 4 is 11.6 Å². The second-order valence-electron chi connectivity index (χ2n) is 4.13. The first kappa shape index (κ1) is 12.5. The van der Waals surface area contributed by atoms with Gasteiger partial charge in [0.1, 0.15) is 0 Å². The largest absolute Gasteiger partial charge is 0.308 e. The van der Waals surface area contributed by atoms with Gasteiger partial charge in [-0.3, -0.25) is 0 Å². The number of hydrogen-bond acceptors (Lipinski definition) is 1. The van der Waals surface area contributed by atoms with E-state index in [0.29, 0.717) is 12.1 Å². The first-order valence-corrected chi connectivity index (χ1v) is 6.02. The molecule has 2 atom stereocenters. The molecule has 0 fully saturated rings. The molecule has 0 bridgehead atoms. The third kappa shape index (κ3) is 4.23. The molecule has 0 saturated carbocycles. The fourth-order valence-electron chi connectivity index (χ4n) is 1.82. The van der Waals surface area contributed by atoms with Gasteiger partial charge in [-0.05, 0) is 38.0 Å². The van der Waals surface area contributed by atoms with E-state index in [-0.39, 0.29) is 0 Å². The van der Waals surface area contributed by atoms with Crippen LogP contribution in [0.4, 0.5) is 0 Å². The predicted molar refractivity (Wildman–Crippen MR) is 67.4 cm³/mol. The lowest BCUT2D eigenvalue weighted by Gasteiger charge is -2.20. The minimum absolute atomic E-state index is 0.366. The Labute approximate surface area is 97.8 Å². The molecule has 1 N–H and O–H groups in total. The summed E-state index contributed by atoms with van der Waals surface area (Å²) in [6, 6.07) is 8.97. The summed E-state index contributed by atoms with van der Waals surface area (Å²) in [4.78, 5) is 0. The molecule has 1 aromatic rings. The Hall–Kier alpha value is -0.530. The van der Waals surface area contributed by atoms with Crippen LogP contribution in [0.25, 0.3) is 0 Å². The Bertz CT molecular complexity index is 298. The van der Waals surface area contributed by atoms with Crippen LogP contribution in [0.2, 0.25) is 5.02 Å². The summed E-state index contributed by atoms with van der Waals surface area (Å²) in [7, 11) is 0. The van der Waals surface area contributed by atoms with E-state index in [0.717, 1.165) is 5.02 Å². The van der Waals surface area contributed by atoms with E-state index >= 15 is 0 Å². The summed E-state index contributed by atoms with van der Waals surface area (Å²) in [5, 5.41) is 4.38. The van der Waals surface area contributed by atoms with Crippen LogP contribution in [0, 0.1) is 0 Å². The summed E-state index contributed by atoms with van der Waals surface area (Å²) in [6.45, 7) is 6.62. The minimum Gasteiger partial charge on any atom is -0.308 e. The van der Waals surface area contributed by atoms with Gasteiger partial charge in [-0.2, -0.15) is 0 Å². The van der Waals surface area contributed by atoms with Crippen molar-refractivity contribution < 1.29 is 0 Å². The summed E-state index contributed by atoms with van der Waals surface area (Å²) in [5.74, 6) is 0. The third-order valence-corrected chi connectivity index (χ3v) is 2.84. The molecule has 1 rings (SSSR count). The van der Waals surface area contributed by atoms with Crippen molar-refractivity contribution in [2.75, 3.05) is 0 Å². The number of hydrogen-bond donors (Lipinski definition) is 1. The van der Waals surface area contributed by atoms with Crippen molar-refractivity contribution in [1.82, 2.24) is 5.32 Å². The number of nitrogens with one attached hydrogen (secondary N) is 1. The van der Waals surface area contributed by atoms with Gasteiger partial charge < -0.3 is 5.32 Å². The van der Waals surface area contributed by atoms with Crippen LogP contribution in [0.3, 0.4) is 0 Å². The molecular weight excluding hydrogens is 206 g/mol. The standard InChI is InChI=1S/C13H20ClN/c1-4-6-10(2)15-11(3)12-7-5-8-13(14)9-12/h5,7-11,15H,4,6H2,1-3H3/t10?,11-/m0/s1. The molecule has 1 unspecified atom stereocenters. The Kier molecular flexibility index (Phi) is 5.13. The highest BCUT2D eigenvalue weighted by molar-refractivity contribution is 6.30. The number of halogens is 1. The molecule has 84 valence electrons. The van der Waals surface area contributed by atoms with Crippen LogP contribution < -0.4 is 5.32 Å². The zero-order chi connectivity index (χ0) is 11.3. The number of benzene rings is 1. The van der Waals surface area contributed by atoms with E-state index in [1.807, 2.05) is 18.2 Å². The van der Waals surface area contributed by atoms with Crippen molar-refractivity contribution in [2.24, 2.45) is 0 Å². The zero-order valence-electron chi connectivity index (χ0n) is 9.76. The van der Waals surface area contributed by atoms with Crippen molar-refractivity contribution in [1.29, 1.82) is 0 Å². The van der Waals surface area contributed by atoms with Gasteiger partial charge in [0.05, 0.1) is 0 Å². The van der Waals surface area contributed by atoms with E-state index < -0.39 is 0 Å². The fourth-order valence-corrected chi connectivity index (χ4v) is 2.01. The Morgan fingerprint density at radius 2 is 2.07 bits per heavy atom. The molecule has 0 spiro atoms. The lowest BCUT2D eigenvalue weighted by atomic mass is 10.1. The zero-order valence-corrected chi connectivity index (χ0v) is 10.5. The summed E-state index contributed by atoms with van der Waals surface area (Å²) < 4.78 is 0. The topological polar surface area (TPSA) is 12.0 Å². The molecule has 0 aliphatic rings. The van der Waals surface area contributed by atoms with Crippen LogP contribution in [-0.4, -0.2) is 6.04 Å². The fraction of sp³-hybridized carbons (Fsp3) is 0.538. The van der Waals surface area contributed by atoms with Gasteiger partial charge in [0.25, 0.3) is 0 Å². The van der Waals surface area contributed by atoms with E-state index in [2.05, 4.69) is 32.2 Å². The molecule has 0 saturated heterocycles. The van der Waals surface area contributed by atoms with Crippen LogP contribution in [0.1, 0.15) is 45.2 Å². The molecule has 1 nitrogen and oxygen atoms in total. The van der Waals surface area contributed by atoms with E-state index in [4.69, 9.17) is 11.6 Å². The molecule has 1 aromatic carbocycles. The third-order valence-electron chi connectivity index (χ3n) is 2.60. The monoisotopic (exact) mass is 225 g/mol. The van der Waals surface area contributed by atoms with Gasteiger partial charge in [-0.15, -0.1) is 0 Å². The molecule has 0 aromatic heterocycles. The summed E-state index contributed by atoms with van der Waals surface area (Å²) in [5.41, 5.74) is 1.26. The molecule has 0 heterocycles. The lowest BCUT2D eigenvalue weighted by Crippen LogP contribution is -2.28. The highest BCUT2D eigenvalue weighted by atomic mass is 35.5. The molecule has 15 heavy (non-hydrogen) atoms. The maximum absolute atomic E-state index is 5.96. The van der Waals surface area contributed by atoms with Gasteiger partial charge in [-0.25, -0.2) is 0 Å². The van der Waals surface area contributed by atoms with Crippen LogP contribution in [0.5, 0.6) is 0 Å². The average Bonchev–Trinajstić information content (AvgIpc) is 2.18. The molecule has 2 heteroatoms. The Balaban J connectivity index is 2.56. The van der Waals surface area contributed by atoms with Gasteiger partial charge in [0.15, 0.2) is 0 Å². The van der Waals surface area contributed by atoms with Crippen LogP contribution >= 0.6 is 11.6 Å². The van der Waals surface area contributed by atoms with Crippen molar-refractivity contribution in [2.45, 2.75) is 45.7 Å². The van der Waals surface area contributed by atoms with Gasteiger partial charge in [0, 0.05) is 17.1 Å². The maximum Gasteiger partial charge on any atom is 0.0409 e. The van der Waals surface area contributed by atoms with Gasteiger partial charge >= 0.3 is 0 Å². The molecular formula is C13H20ClN. The van der Waals surface area contributed by atoms with Crippen LogP contribution in [0.15, 0.2) is 24.3 Å². The van der Waals surface area contributed by atoms with E-state index in [1.54, 1.807) is 0 Å². The van der Waals surface area contributed by atoms with Crippen LogP contribution in [-0.2, 0) is 0 Å². The van der Waals surface area contributed by atoms with E-state index in [9.17, 15) is 0 Å². The average molecular weight is 226 g/mol. The van der Waals surface area contributed by atoms with Gasteiger partial charge in [0.2, 0.25) is 0 Å². The number of rotatable bonds is 5. The smallest absolute Gasteiger partial charge is 0.0409 e. The molecule has 0 aliphatic carbocycles. The molecule has 0 radical (unpaired) electrons. The highest BCUT2D eigenvalue weighted by Crippen LogP contribution is 2.18. The molecule has 0 aliphatic heterocycles. The van der Waals surface area contributed by atoms with E-state index in [1.165, 1.54) is 18.4 Å². The second-order valence-corrected chi connectivity index (χ2v) is 4.57. The Morgan fingerprint density at radius 3 is 2.67 bits per heavy atom. The summed E-state index contributed by atoms with van der Waals surface area (Å²) >= 11 is 5.96. The first-order chi connectivity index (χ1) is 7.13. The second kappa shape index (κ2) is 6.14. The van der Waals surface area contributed by atoms with Crippen molar-refractivity contribution in [3.05, 3.63) is 34.9 Å². The van der Waals surface area contributed by atoms with Crippen molar-refractivity contribution in [3.63, 3.8) is 0 Å². The Morgan fingerprint density at radius 1 is 1.33 bits per heavy atom.